The molecule has 2 aromatic carbocycles. The lowest BCUT2D eigenvalue weighted by Gasteiger charge is -2.16. The van der Waals surface area contributed by atoms with Crippen molar-refractivity contribution < 1.29 is 13.2 Å². The first kappa shape index (κ1) is 15.7. The van der Waals surface area contributed by atoms with Gasteiger partial charge in [-0.2, -0.15) is 0 Å². The molecule has 1 amide bonds. The third-order valence-corrected chi connectivity index (χ3v) is 5.33. The van der Waals surface area contributed by atoms with E-state index >= 15 is 0 Å². The van der Waals surface area contributed by atoms with Crippen LogP contribution >= 0.6 is 0 Å². The molecular weight excluding hydrogens is 312 g/mol. The van der Waals surface area contributed by atoms with Crippen molar-refractivity contribution in [2.75, 3.05) is 0 Å². The molecule has 1 atom stereocenters. The summed E-state index contributed by atoms with van der Waals surface area (Å²) in [5.41, 5.74) is 3.08. The maximum absolute atomic E-state index is 12.6. The molecule has 0 saturated heterocycles. The molecule has 5 nitrogen and oxygen atoms in total. The number of primary sulfonamides is 1. The van der Waals surface area contributed by atoms with Crippen LogP contribution in [0.2, 0.25) is 0 Å². The summed E-state index contributed by atoms with van der Waals surface area (Å²) in [7, 11) is -3.85. The number of benzene rings is 2. The average Bonchev–Trinajstić information content (AvgIpc) is 2.89. The molecule has 0 aliphatic heterocycles. The molecule has 0 fully saturated rings. The van der Waals surface area contributed by atoms with Gasteiger partial charge < -0.3 is 5.32 Å². The maximum Gasteiger partial charge on any atom is 0.252 e. The number of carbonyl (C=O) groups is 1. The van der Waals surface area contributed by atoms with Crippen LogP contribution < -0.4 is 10.5 Å². The molecule has 1 unspecified atom stereocenters. The van der Waals surface area contributed by atoms with Gasteiger partial charge in [-0.25, -0.2) is 13.6 Å². The maximum atomic E-state index is 12.6. The fraction of sp³-hybridized carbons (Fsp3) is 0.235. The van der Waals surface area contributed by atoms with Gasteiger partial charge in [0, 0.05) is 5.56 Å². The predicted molar refractivity (Wildman–Crippen MR) is 87.5 cm³/mol. The van der Waals surface area contributed by atoms with Crippen LogP contribution in [0, 0.1) is 6.92 Å². The van der Waals surface area contributed by atoms with Gasteiger partial charge >= 0.3 is 0 Å². The highest BCUT2D eigenvalue weighted by atomic mass is 32.2. The van der Waals surface area contributed by atoms with E-state index in [0.29, 0.717) is 11.1 Å². The van der Waals surface area contributed by atoms with Crippen molar-refractivity contribution in [1.29, 1.82) is 0 Å². The molecule has 0 heterocycles. The van der Waals surface area contributed by atoms with E-state index in [0.717, 1.165) is 18.4 Å². The normalized spacial score (nSPS) is 16.9. The Bertz CT molecular complexity index is 875. The van der Waals surface area contributed by atoms with Crippen LogP contribution in [0.5, 0.6) is 0 Å². The zero-order chi connectivity index (χ0) is 16.6. The Morgan fingerprint density at radius 2 is 1.91 bits per heavy atom. The van der Waals surface area contributed by atoms with Crippen LogP contribution in [0.3, 0.4) is 0 Å². The number of fused-ring (bicyclic) bond motifs is 1. The zero-order valence-corrected chi connectivity index (χ0v) is 13.6. The second-order valence-corrected chi connectivity index (χ2v) is 7.27. The molecule has 3 N–H and O–H groups in total. The molecule has 0 saturated carbocycles. The number of carbonyl (C=O) groups excluding carboxylic acids is 1. The molecule has 6 heteroatoms. The third kappa shape index (κ3) is 3.00. The standard InChI is InChI=1S/C17H18N2O3S/c1-11-13(7-4-8-16(11)23(18,21)22)17(20)19-15-10-9-12-5-2-3-6-14(12)15/h2-8,15H,9-10H2,1H3,(H,19,20)(H2,18,21,22). The highest BCUT2D eigenvalue weighted by Gasteiger charge is 2.25. The molecule has 120 valence electrons. The van der Waals surface area contributed by atoms with Gasteiger partial charge in [0.05, 0.1) is 10.9 Å². The van der Waals surface area contributed by atoms with Crippen molar-refractivity contribution in [3.05, 3.63) is 64.7 Å². The van der Waals surface area contributed by atoms with E-state index in [9.17, 15) is 13.2 Å². The minimum absolute atomic E-state index is 0.0167. The Morgan fingerprint density at radius 1 is 1.17 bits per heavy atom. The topological polar surface area (TPSA) is 89.3 Å². The van der Waals surface area contributed by atoms with E-state index in [2.05, 4.69) is 11.4 Å². The van der Waals surface area contributed by atoms with Gasteiger partial charge in [0.2, 0.25) is 10.0 Å². The van der Waals surface area contributed by atoms with Crippen molar-refractivity contribution in [1.82, 2.24) is 5.32 Å². The molecular formula is C17H18N2O3S. The number of hydrogen-bond acceptors (Lipinski definition) is 3. The van der Waals surface area contributed by atoms with Gasteiger partial charge in [-0.15, -0.1) is 0 Å². The van der Waals surface area contributed by atoms with Crippen LogP contribution in [0.15, 0.2) is 47.4 Å². The van der Waals surface area contributed by atoms with E-state index in [1.54, 1.807) is 13.0 Å². The molecule has 0 radical (unpaired) electrons. The summed E-state index contributed by atoms with van der Waals surface area (Å²) in [4.78, 5) is 12.5. The van der Waals surface area contributed by atoms with Crippen LogP contribution in [-0.4, -0.2) is 14.3 Å². The number of hydrogen-bond donors (Lipinski definition) is 2. The largest absolute Gasteiger partial charge is 0.345 e. The van der Waals surface area contributed by atoms with Crippen molar-refractivity contribution >= 4 is 15.9 Å². The third-order valence-electron chi connectivity index (χ3n) is 4.27. The van der Waals surface area contributed by atoms with Gasteiger partial charge in [-0.05, 0) is 48.6 Å². The first-order valence-corrected chi connectivity index (χ1v) is 8.93. The van der Waals surface area contributed by atoms with Crippen LogP contribution in [-0.2, 0) is 16.4 Å². The van der Waals surface area contributed by atoms with E-state index in [-0.39, 0.29) is 16.8 Å². The summed E-state index contributed by atoms with van der Waals surface area (Å²) in [6, 6.07) is 12.5. The molecule has 0 bridgehead atoms. The van der Waals surface area contributed by atoms with Gasteiger partial charge in [0.15, 0.2) is 0 Å². The summed E-state index contributed by atoms with van der Waals surface area (Å²) in [5, 5.41) is 8.19. The molecule has 23 heavy (non-hydrogen) atoms. The molecule has 0 aromatic heterocycles. The number of sulfonamides is 1. The number of rotatable bonds is 3. The summed E-state index contributed by atoms with van der Waals surface area (Å²) < 4.78 is 23.2. The lowest BCUT2D eigenvalue weighted by molar-refractivity contribution is 0.0936. The first-order valence-electron chi connectivity index (χ1n) is 7.39. The number of amides is 1. The van der Waals surface area contributed by atoms with Gasteiger partial charge in [-0.1, -0.05) is 30.3 Å². The monoisotopic (exact) mass is 330 g/mol. The molecule has 2 aromatic rings. The Kier molecular flexibility index (Phi) is 3.95. The second-order valence-electron chi connectivity index (χ2n) is 5.74. The quantitative estimate of drug-likeness (QED) is 0.902. The highest BCUT2D eigenvalue weighted by molar-refractivity contribution is 7.89. The average molecular weight is 330 g/mol. The smallest absolute Gasteiger partial charge is 0.252 e. The first-order chi connectivity index (χ1) is 10.9. The highest BCUT2D eigenvalue weighted by Crippen LogP contribution is 2.31. The van der Waals surface area contributed by atoms with Crippen LogP contribution in [0.25, 0.3) is 0 Å². The zero-order valence-electron chi connectivity index (χ0n) is 12.7. The molecule has 3 rings (SSSR count). The number of nitrogens with two attached hydrogens (primary N) is 1. The fourth-order valence-electron chi connectivity index (χ4n) is 3.11. The minimum Gasteiger partial charge on any atom is -0.345 e. The SMILES string of the molecule is Cc1c(C(=O)NC2CCc3ccccc32)cccc1S(N)(=O)=O. The van der Waals surface area contributed by atoms with Gasteiger partial charge in [0.1, 0.15) is 0 Å². The van der Waals surface area contributed by atoms with Crippen molar-refractivity contribution in [2.24, 2.45) is 5.14 Å². The van der Waals surface area contributed by atoms with Gasteiger partial charge in [-0.3, -0.25) is 4.79 Å². The molecule has 0 spiro atoms. The van der Waals surface area contributed by atoms with Gasteiger partial charge in [0.25, 0.3) is 5.91 Å². The van der Waals surface area contributed by atoms with E-state index < -0.39 is 10.0 Å². The summed E-state index contributed by atoms with van der Waals surface area (Å²) in [6.07, 6.45) is 1.77. The van der Waals surface area contributed by atoms with E-state index in [4.69, 9.17) is 5.14 Å². The second kappa shape index (κ2) is 5.79. The Balaban J connectivity index is 1.88. The van der Waals surface area contributed by atoms with E-state index in [1.807, 2.05) is 18.2 Å². The molecule has 1 aliphatic rings. The Labute approximate surface area is 135 Å². The lowest BCUT2D eigenvalue weighted by Crippen LogP contribution is -2.28. The molecule has 1 aliphatic carbocycles. The van der Waals surface area contributed by atoms with Crippen molar-refractivity contribution in [2.45, 2.75) is 30.7 Å². The summed E-state index contributed by atoms with van der Waals surface area (Å²) in [5.74, 6) is -0.283. The number of nitrogens with one attached hydrogen (secondary N) is 1. The fourth-order valence-corrected chi connectivity index (χ4v) is 3.92. The van der Waals surface area contributed by atoms with Crippen LogP contribution in [0.4, 0.5) is 0 Å². The minimum atomic E-state index is -3.85. The predicted octanol–water partition coefficient (Wildman–Crippen LogP) is 2.06. The van der Waals surface area contributed by atoms with Crippen molar-refractivity contribution in [3.8, 4) is 0 Å². The Hall–Kier alpha value is -2.18. The Morgan fingerprint density at radius 3 is 2.65 bits per heavy atom. The summed E-state index contributed by atoms with van der Waals surface area (Å²) >= 11 is 0. The summed E-state index contributed by atoms with van der Waals surface area (Å²) in [6.45, 7) is 1.59. The number of aryl methyl sites for hydroxylation is 1. The lowest BCUT2D eigenvalue weighted by atomic mass is 10.1. The van der Waals surface area contributed by atoms with Crippen LogP contribution in [0.1, 0.15) is 39.5 Å². The van der Waals surface area contributed by atoms with E-state index in [1.165, 1.54) is 17.7 Å². The van der Waals surface area contributed by atoms with Crippen molar-refractivity contribution in [3.63, 3.8) is 0 Å².